The standard InChI is InChI=1S/C22H32N2O4/c1-17-7-8-19(14-18(17)2)28-16-22(27)9-12-23(13-10-22)21(26)15-24-11-5-3-4-6-20(24)25/h7-8,14,27H,3-6,9-13,15-16H2,1-2H3. The van der Waals surface area contributed by atoms with Crippen LogP contribution in [0, 0.1) is 13.8 Å². The molecule has 2 aliphatic rings. The van der Waals surface area contributed by atoms with E-state index in [4.69, 9.17) is 4.74 Å². The summed E-state index contributed by atoms with van der Waals surface area (Å²) in [6, 6.07) is 5.91. The minimum atomic E-state index is -0.923. The van der Waals surface area contributed by atoms with Gasteiger partial charge in [0.1, 0.15) is 18.0 Å². The molecule has 28 heavy (non-hydrogen) atoms. The number of aryl methyl sites for hydroxylation is 2. The first-order valence-electron chi connectivity index (χ1n) is 10.3. The predicted octanol–water partition coefficient (Wildman–Crippen LogP) is 2.44. The Labute approximate surface area is 167 Å². The van der Waals surface area contributed by atoms with Crippen LogP contribution < -0.4 is 4.74 Å². The van der Waals surface area contributed by atoms with Gasteiger partial charge in [-0.25, -0.2) is 0 Å². The highest BCUT2D eigenvalue weighted by molar-refractivity contribution is 5.85. The van der Waals surface area contributed by atoms with Crippen molar-refractivity contribution in [3.63, 3.8) is 0 Å². The Morgan fingerprint density at radius 3 is 2.57 bits per heavy atom. The Morgan fingerprint density at radius 2 is 1.86 bits per heavy atom. The molecule has 0 saturated carbocycles. The van der Waals surface area contributed by atoms with Gasteiger partial charge in [-0.2, -0.15) is 0 Å². The second-order valence-corrected chi connectivity index (χ2v) is 8.27. The smallest absolute Gasteiger partial charge is 0.242 e. The zero-order chi connectivity index (χ0) is 20.1. The van der Waals surface area contributed by atoms with Crippen molar-refractivity contribution in [1.82, 2.24) is 9.80 Å². The predicted molar refractivity (Wildman–Crippen MR) is 107 cm³/mol. The van der Waals surface area contributed by atoms with Crippen LogP contribution in [0.3, 0.4) is 0 Å². The first kappa shape index (κ1) is 20.6. The number of carbonyl (C=O) groups is 2. The molecule has 6 nitrogen and oxygen atoms in total. The number of amides is 2. The maximum atomic E-state index is 12.6. The SMILES string of the molecule is Cc1ccc(OCC2(O)CCN(C(=O)CN3CCCCCC3=O)CC2)cc1C. The van der Waals surface area contributed by atoms with Crippen molar-refractivity contribution in [3.05, 3.63) is 29.3 Å². The van der Waals surface area contributed by atoms with Crippen LogP contribution in [-0.4, -0.2) is 65.1 Å². The summed E-state index contributed by atoms with van der Waals surface area (Å²) in [5.41, 5.74) is 1.45. The van der Waals surface area contributed by atoms with E-state index in [2.05, 4.69) is 6.92 Å². The van der Waals surface area contributed by atoms with E-state index in [1.165, 1.54) is 5.56 Å². The summed E-state index contributed by atoms with van der Waals surface area (Å²) in [6.45, 7) is 6.14. The van der Waals surface area contributed by atoms with Crippen molar-refractivity contribution in [2.75, 3.05) is 32.8 Å². The van der Waals surface area contributed by atoms with E-state index in [1.54, 1.807) is 9.80 Å². The van der Waals surface area contributed by atoms with E-state index < -0.39 is 5.60 Å². The van der Waals surface area contributed by atoms with Crippen LogP contribution in [0.4, 0.5) is 0 Å². The largest absolute Gasteiger partial charge is 0.491 e. The summed E-state index contributed by atoms with van der Waals surface area (Å²) in [7, 11) is 0. The zero-order valence-electron chi connectivity index (χ0n) is 17.1. The molecule has 0 spiro atoms. The molecule has 2 saturated heterocycles. The molecule has 2 heterocycles. The second-order valence-electron chi connectivity index (χ2n) is 8.27. The van der Waals surface area contributed by atoms with Gasteiger partial charge in [0.25, 0.3) is 0 Å². The molecule has 2 aliphatic heterocycles. The Bertz CT molecular complexity index is 710. The Balaban J connectivity index is 1.47. The fourth-order valence-corrected chi connectivity index (χ4v) is 3.81. The molecule has 0 unspecified atom stereocenters. The Morgan fingerprint density at radius 1 is 1.11 bits per heavy atom. The molecule has 0 bridgehead atoms. The van der Waals surface area contributed by atoms with Crippen molar-refractivity contribution in [2.24, 2.45) is 0 Å². The number of ether oxygens (including phenoxy) is 1. The first-order chi connectivity index (χ1) is 13.4. The van der Waals surface area contributed by atoms with Crippen LogP contribution in [0.1, 0.15) is 49.7 Å². The zero-order valence-corrected chi connectivity index (χ0v) is 17.1. The van der Waals surface area contributed by atoms with Gasteiger partial charge in [0, 0.05) is 26.1 Å². The topological polar surface area (TPSA) is 70.1 Å². The average Bonchev–Trinajstić information content (AvgIpc) is 2.88. The van der Waals surface area contributed by atoms with Crippen LogP contribution in [0.25, 0.3) is 0 Å². The van der Waals surface area contributed by atoms with E-state index in [0.29, 0.717) is 38.9 Å². The highest BCUT2D eigenvalue weighted by Gasteiger charge is 2.35. The Kier molecular flexibility index (Phi) is 6.60. The molecule has 0 aliphatic carbocycles. The average molecular weight is 389 g/mol. The molecule has 0 radical (unpaired) electrons. The fraction of sp³-hybridized carbons (Fsp3) is 0.636. The minimum Gasteiger partial charge on any atom is -0.491 e. The van der Waals surface area contributed by atoms with E-state index in [1.807, 2.05) is 25.1 Å². The van der Waals surface area contributed by atoms with E-state index in [0.717, 1.165) is 30.6 Å². The highest BCUT2D eigenvalue weighted by Crippen LogP contribution is 2.25. The molecule has 1 aromatic carbocycles. The lowest BCUT2D eigenvalue weighted by atomic mass is 9.92. The summed E-state index contributed by atoms with van der Waals surface area (Å²) < 4.78 is 5.82. The maximum absolute atomic E-state index is 12.6. The molecule has 2 fully saturated rings. The quantitative estimate of drug-likeness (QED) is 0.841. The van der Waals surface area contributed by atoms with Crippen LogP contribution in [0.15, 0.2) is 18.2 Å². The summed E-state index contributed by atoms with van der Waals surface area (Å²) in [6.07, 6.45) is 4.45. The van der Waals surface area contributed by atoms with Crippen LogP contribution in [0.2, 0.25) is 0 Å². The number of benzene rings is 1. The van der Waals surface area contributed by atoms with Crippen molar-refractivity contribution in [2.45, 2.75) is 58.0 Å². The van der Waals surface area contributed by atoms with Crippen LogP contribution in [0.5, 0.6) is 5.75 Å². The monoisotopic (exact) mass is 388 g/mol. The Hall–Kier alpha value is -2.08. The van der Waals surface area contributed by atoms with Gasteiger partial charge < -0.3 is 19.6 Å². The third-order valence-electron chi connectivity index (χ3n) is 6.03. The molecular formula is C22H32N2O4. The lowest BCUT2D eigenvalue weighted by Gasteiger charge is -2.38. The van der Waals surface area contributed by atoms with Gasteiger partial charge in [-0.15, -0.1) is 0 Å². The molecule has 6 heteroatoms. The number of hydrogen-bond acceptors (Lipinski definition) is 4. The lowest BCUT2D eigenvalue weighted by molar-refractivity contribution is -0.143. The number of carbonyl (C=O) groups excluding carboxylic acids is 2. The minimum absolute atomic E-state index is 0.0209. The molecule has 0 aromatic heterocycles. The number of rotatable bonds is 5. The first-order valence-corrected chi connectivity index (χ1v) is 10.3. The van der Waals surface area contributed by atoms with Gasteiger partial charge in [-0.05, 0) is 62.8 Å². The van der Waals surface area contributed by atoms with Gasteiger partial charge in [-0.1, -0.05) is 12.5 Å². The summed E-state index contributed by atoms with van der Waals surface area (Å²) >= 11 is 0. The van der Waals surface area contributed by atoms with Crippen molar-refractivity contribution in [1.29, 1.82) is 0 Å². The maximum Gasteiger partial charge on any atom is 0.242 e. The molecule has 0 atom stereocenters. The van der Waals surface area contributed by atoms with Gasteiger partial charge in [0.05, 0.1) is 6.54 Å². The van der Waals surface area contributed by atoms with Crippen molar-refractivity contribution >= 4 is 11.8 Å². The number of hydrogen-bond donors (Lipinski definition) is 1. The van der Waals surface area contributed by atoms with Crippen LogP contribution in [-0.2, 0) is 9.59 Å². The molecule has 3 rings (SSSR count). The molecule has 154 valence electrons. The van der Waals surface area contributed by atoms with E-state index >= 15 is 0 Å². The molecule has 1 aromatic rings. The van der Waals surface area contributed by atoms with Gasteiger partial charge in [0.15, 0.2) is 0 Å². The van der Waals surface area contributed by atoms with Gasteiger partial charge >= 0.3 is 0 Å². The summed E-state index contributed by atoms with van der Waals surface area (Å²) in [4.78, 5) is 28.2. The number of likely N-dealkylation sites (tertiary alicyclic amines) is 2. The van der Waals surface area contributed by atoms with Crippen molar-refractivity contribution < 1.29 is 19.4 Å². The van der Waals surface area contributed by atoms with E-state index in [9.17, 15) is 14.7 Å². The second kappa shape index (κ2) is 8.95. The van der Waals surface area contributed by atoms with Gasteiger partial charge in [0.2, 0.25) is 11.8 Å². The van der Waals surface area contributed by atoms with Crippen LogP contribution >= 0.6 is 0 Å². The molecule has 1 N–H and O–H groups in total. The fourth-order valence-electron chi connectivity index (χ4n) is 3.81. The molecular weight excluding hydrogens is 356 g/mol. The van der Waals surface area contributed by atoms with Gasteiger partial charge in [-0.3, -0.25) is 9.59 Å². The number of aliphatic hydroxyl groups is 1. The third kappa shape index (κ3) is 5.25. The lowest BCUT2D eigenvalue weighted by Crippen LogP contribution is -2.52. The summed E-state index contributed by atoms with van der Waals surface area (Å²) in [5, 5.41) is 10.8. The third-order valence-corrected chi connectivity index (χ3v) is 6.03. The van der Waals surface area contributed by atoms with E-state index in [-0.39, 0.29) is 25.0 Å². The normalized spacial score (nSPS) is 20.0. The summed E-state index contributed by atoms with van der Waals surface area (Å²) in [5.74, 6) is 0.822. The molecule has 2 amide bonds. The highest BCUT2D eigenvalue weighted by atomic mass is 16.5. The van der Waals surface area contributed by atoms with Crippen molar-refractivity contribution in [3.8, 4) is 5.75 Å². The number of piperidine rings is 1. The number of nitrogens with zero attached hydrogens (tertiary/aromatic N) is 2.